The van der Waals surface area contributed by atoms with Crippen LogP contribution in [0.15, 0.2) is 53.7 Å². The SMILES string of the molecule is O=C(O/N=C1/CCCCC1c1ccc([N+](=O)[O-])cc1[N+](=O)[O-])c1ccccc1. The standard InChI is InChI=1S/C19H17N3O6/c23-19(13-6-2-1-3-7-13)28-20-17-9-5-4-8-15(17)16-11-10-14(21(24)25)12-18(16)22(26)27/h1-3,6-7,10-12,15H,4-5,8-9H2/b20-17-. The zero-order valence-electron chi connectivity index (χ0n) is 14.8. The van der Waals surface area contributed by atoms with E-state index >= 15 is 0 Å². The fraction of sp³-hybridized carbons (Fsp3) is 0.263. The van der Waals surface area contributed by atoms with Gasteiger partial charge in [-0.25, -0.2) is 4.79 Å². The third-order valence-corrected chi connectivity index (χ3v) is 4.63. The van der Waals surface area contributed by atoms with E-state index in [0.29, 0.717) is 29.7 Å². The molecule has 2 aromatic rings. The van der Waals surface area contributed by atoms with Crippen molar-refractivity contribution in [3.05, 3.63) is 79.9 Å². The number of rotatable bonds is 5. The van der Waals surface area contributed by atoms with Crippen LogP contribution in [0.2, 0.25) is 0 Å². The Balaban J connectivity index is 1.90. The summed E-state index contributed by atoms with van der Waals surface area (Å²) in [6.07, 6.45) is 2.75. The quantitative estimate of drug-likeness (QED) is 0.429. The maximum Gasteiger partial charge on any atom is 0.365 e. The largest absolute Gasteiger partial charge is 0.365 e. The molecule has 9 heteroatoms. The van der Waals surface area contributed by atoms with Gasteiger partial charge in [0.1, 0.15) is 0 Å². The van der Waals surface area contributed by atoms with Gasteiger partial charge in [-0.15, -0.1) is 0 Å². The van der Waals surface area contributed by atoms with Gasteiger partial charge in [-0.3, -0.25) is 20.2 Å². The molecule has 1 saturated carbocycles. The molecule has 144 valence electrons. The van der Waals surface area contributed by atoms with Gasteiger partial charge in [0, 0.05) is 17.5 Å². The van der Waals surface area contributed by atoms with Crippen LogP contribution in [0.3, 0.4) is 0 Å². The van der Waals surface area contributed by atoms with Crippen LogP contribution < -0.4 is 0 Å². The molecule has 0 radical (unpaired) electrons. The number of nitro groups is 2. The molecule has 0 aromatic heterocycles. The van der Waals surface area contributed by atoms with E-state index in [9.17, 15) is 25.0 Å². The maximum atomic E-state index is 12.1. The van der Waals surface area contributed by atoms with E-state index in [0.717, 1.165) is 18.9 Å². The Morgan fingerprint density at radius 1 is 1.04 bits per heavy atom. The first-order valence-electron chi connectivity index (χ1n) is 8.73. The third kappa shape index (κ3) is 4.20. The molecule has 1 unspecified atom stereocenters. The molecule has 3 rings (SSSR count). The van der Waals surface area contributed by atoms with Gasteiger partial charge in [0.2, 0.25) is 0 Å². The number of carbonyl (C=O) groups is 1. The van der Waals surface area contributed by atoms with Gasteiger partial charge in [0.25, 0.3) is 11.4 Å². The molecule has 28 heavy (non-hydrogen) atoms. The minimum atomic E-state index is -0.672. The monoisotopic (exact) mass is 383 g/mol. The van der Waals surface area contributed by atoms with Crippen LogP contribution in [-0.2, 0) is 4.84 Å². The van der Waals surface area contributed by atoms with E-state index in [2.05, 4.69) is 5.16 Å². The lowest BCUT2D eigenvalue weighted by Crippen LogP contribution is -2.20. The number of hydrogen-bond donors (Lipinski definition) is 0. The zero-order chi connectivity index (χ0) is 20.1. The number of benzene rings is 2. The van der Waals surface area contributed by atoms with Crippen molar-refractivity contribution >= 4 is 23.1 Å². The third-order valence-electron chi connectivity index (χ3n) is 4.63. The second-order valence-corrected chi connectivity index (χ2v) is 6.38. The normalized spacial score (nSPS) is 17.9. The fourth-order valence-corrected chi connectivity index (χ4v) is 3.27. The summed E-state index contributed by atoms with van der Waals surface area (Å²) in [7, 11) is 0. The zero-order valence-corrected chi connectivity index (χ0v) is 14.8. The van der Waals surface area contributed by atoms with E-state index < -0.39 is 21.7 Å². The van der Waals surface area contributed by atoms with Crippen LogP contribution in [0, 0.1) is 20.2 Å². The predicted molar refractivity (Wildman–Crippen MR) is 100 cm³/mol. The molecular weight excluding hydrogens is 366 g/mol. The summed E-state index contributed by atoms with van der Waals surface area (Å²) >= 11 is 0. The lowest BCUT2D eigenvalue weighted by atomic mass is 9.81. The Kier molecular flexibility index (Phi) is 5.73. The molecule has 0 N–H and O–H groups in total. The van der Waals surface area contributed by atoms with Crippen LogP contribution in [0.5, 0.6) is 0 Å². The Bertz CT molecular complexity index is 942. The van der Waals surface area contributed by atoms with Crippen molar-refractivity contribution < 1.29 is 19.5 Å². The van der Waals surface area contributed by atoms with Crippen molar-refractivity contribution in [3.8, 4) is 0 Å². The molecule has 1 atom stereocenters. The van der Waals surface area contributed by atoms with Crippen LogP contribution in [0.4, 0.5) is 11.4 Å². The lowest BCUT2D eigenvalue weighted by molar-refractivity contribution is -0.394. The average Bonchev–Trinajstić information content (AvgIpc) is 2.72. The van der Waals surface area contributed by atoms with Gasteiger partial charge in [0.05, 0.1) is 27.2 Å². The Morgan fingerprint density at radius 3 is 2.46 bits per heavy atom. The number of carbonyl (C=O) groups excluding carboxylic acids is 1. The number of hydrogen-bond acceptors (Lipinski definition) is 7. The highest BCUT2D eigenvalue weighted by atomic mass is 16.7. The molecule has 0 spiro atoms. The van der Waals surface area contributed by atoms with Crippen LogP contribution in [0.1, 0.15) is 47.5 Å². The molecule has 2 aromatic carbocycles. The van der Waals surface area contributed by atoms with Gasteiger partial charge >= 0.3 is 5.97 Å². The highest BCUT2D eigenvalue weighted by molar-refractivity contribution is 5.94. The molecule has 0 aliphatic heterocycles. The van der Waals surface area contributed by atoms with Crippen LogP contribution in [0.25, 0.3) is 0 Å². The van der Waals surface area contributed by atoms with Crippen molar-refractivity contribution in [2.24, 2.45) is 5.16 Å². The first-order valence-corrected chi connectivity index (χ1v) is 8.73. The minimum absolute atomic E-state index is 0.330. The predicted octanol–water partition coefficient (Wildman–Crippen LogP) is 4.37. The second kappa shape index (κ2) is 8.38. The highest BCUT2D eigenvalue weighted by Crippen LogP contribution is 2.37. The highest BCUT2D eigenvalue weighted by Gasteiger charge is 2.31. The summed E-state index contributed by atoms with van der Waals surface area (Å²) in [5.41, 5.74) is 0.529. The molecule has 0 heterocycles. The molecule has 0 amide bonds. The molecule has 1 aliphatic rings. The van der Waals surface area contributed by atoms with Crippen LogP contribution in [-0.4, -0.2) is 21.5 Å². The summed E-state index contributed by atoms with van der Waals surface area (Å²) in [6.45, 7) is 0. The number of non-ortho nitro benzene ring substituents is 1. The maximum absolute atomic E-state index is 12.1. The Labute approximate surface area is 159 Å². The number of nitrogens with zero attached hydrogens (tertiary/aromatic N) is 3. The first-order chi connectivity index (χ1) is 13.5. The number of nitro benzene ring substituents is 2. The van der Waals surface area contributed by atoms with Gasteiger partial charge in [-0.1, -0.05) is 29.8 Å². The number of oxime groups is 1. The summed E-state index contributed by atoms with van der Waals surface area (Å²) in [4.78, 5) is 38.3. The molecule has 1 aliphatic carbocycles. The molecule has 1 fully saturated rings. The van der Waals surface area contributed by atoms with Gasteiger partial charge < -0.3 is 4.84 Å². The van der Waals surface area contributed by atoms with Crippen molar-refractivity contribution in [3.63, 3.8) is 0 Å². The second-order valence-electron chi connectivity index (χ2n) is 6.38. The summed E-state index contributed by atoms with van der Waals surface area (Å²) in [5, 5.41) is 26.4. The smallest absolute Gasteiger partial charge is 0.313 e. The van der Waals surface area contributed by atoms with E-state index in [-0.39, 0.29) is 11.4 Å². The molecular formula is C19H17N3O6. The van der Waals surface area contributed by atoms with Crippen molar-refractivity contribution in [2.75, 3.05) is 0 Å². The summed E-state index contributed by atoms with van der Waals surface area (Å²) in [5.74, 6) is -1.05. The topological polar surface area (TPSA) is 125 Å². The van der Waals surface area contributed by atoms with Crippen molar-refractivity contribution in [1.29, 1.82) is 0 Å². The average molecular weight is 383 g/mol. The van der Waals surface area contributed by atoms with E-state index in [1.54, 1.807) is 30.3 Å². The van der Waals surface area contributed by atoms with Crippen LogP contribution >= 0.6 is 0 Å². The Morgan fingerprint density at radius 2 is 1.79 bits per heavy atom. The van der Waals surface area contributed by atoms with E-state index in [4.69, 9.17) is 4.84 Å². The summed E-state index contributed by atoms with van der Waals surface area (Å²) in [6, 6.07) is 12.0. The van der Waals surface area contributed by atoms with Gasteiger partial charge in [0.15, 0.2) is 0 Å². The summed E-state index contributed by atoms with van der Waals surface area (Å²) < 4.78 is 0. The Hall–Kier alpha value is -3.62. The van der Waals surface area contributed by atoms with E-state index in [1.807, 2.05) is 0 Å². The van der Waals surface area contributed by atoms with Crippen molar-refractivity contribution in [2.45, 2.75) is 31.6 Å². The molecule has 9 nitrogen and oxygen atoms in total. The van der Waals surface area contributed by atoms with Gasteiger partial charge in [-0.2, -0.15) is 0 Å². The fourth-order valence-electron chi connectivity index (χ4n) is 3.27. The van der Waals surface area contributed by atoms with Gasteiger partial charge in [-0.05, 0) is 37.5 Å². The first kappa shape index (κ1) is 19.2. The minimum Gasteiger partial charge on any atom is -0.313 e. The van der Waals surface area contributed by atoms with Crippen molar-refractivity contribution in [1.82, 2.24) is 0 Å². The molecule has 0 saturated heterocycles. The lowest BCUT2D eigenvalue weighted by Gasteiger charge is -2.23. The van der Waals surface area contributed by atoms with E-state index in [1.165, 1.54) is 12.1 Å². The molecule has 0 bridgehead atoms.